The molecule has 5 aromatic rings. The van der Waals surface area contributed by atoms with E-state index in [2.05, 4.69) is 69.1 Å². The first-order chi connectivity index (χ1) is 17.5. The van der Waals surface area contributed by atoms with Crippen molar-refractivity contribution in [1.29, 1.82) is 0 Å². The number of nitrogens with zero attached hydrogens (tertiary/aromatic N) is 5. The molecule has 178 valence electrons. The van der Waals surface area contributed by atoms with Crippen LogP contribution in [-0.2, 0) is 0 Å². The number of imidazole rings is 1. The Kier molecular flexibility index (Phi) is 5.41. The fourth-order valence-corrected chi connectivity index (χ4v) is 4.51. The van der Waals surface area contributed by atoms with Gasteiger partial charge in [0.2, 0.25) is 0 Å². The molecule has 6 rings (SSSR count). The van der Waals surface area contributed by atoms with E-state index in [-0.39, 0.29) is 0 Å². The number of anilines is 1. The van der Waals surface area contributed by atoms with Crippen LogP contribution in [0.4, 0.5) is 5.69 Å². The summed E-state index contributed by atoms with van der Waals surface area (Å²) in [6.45, 7) is 8.48. The van der Waals surface area contributed by atoms with E-state index in [0.29, 0.717) is 17.4 Å². The second kappa shape index (κ2) is 8.88. The van der Waals surface area contributed by atoms with E-state index in [1.165, 1.54) is 0 Å². The van der Waals surface area contributed by atoms with E-state index < -0.39 is 0 Å². The molecule has 0 unspecified atom stereocenters. The molecule has 36 heavy (non-hydrogen) atoms. The highest BCUT2D eigenvalue weighted by molar-refractivity contribution is 5.95. The summed E-state index contributed by atoms with van der Waals surface area (Å²) in [5.41, 5.74) is 9.48. The summed E-state index contributed by atoms with van der Waals surface area (Å²) in [7, 11) is 0. The topological polar surface area (TPSA) is 108 Å². The molecule has 0 aromatic carbocycles. The van der Waals surface area contributed by atoms with Crippen LogP contribution < -0.4 is 5.32 Å². The SMILES string of the molecule is C=C(CC(C)C)Nc1cncc(-c2ccc3[nH]nc(-c4nc5c(C6=CCC=C6)nccc5[nH]4)c3n2)c1. The Morgan fingerprint density at radius 2 is 1.97 bits per heavy atom. The van der Waals surface area contributed by atoms with Gasteiger partial charge in [-0.15, -0.1) is 0 Å². The third-order valence-corrected chi connectivity index (χ3v) is 6.09. The van der Waals surface area contributed by atoms with Crippen LogP contribution in [0.3, 0.4) is 0 Å². The van der Waals surface area contributed by atoms with Crippen molar-refractivity contribution in [2.24, 2.45) is 5.92 Å². The van der Waals surface area contributed by atoms with E-state index in [1.54, 1.807) is 12.4 Å². The van der Waals surface area contributed by atoms with E-state index in [0.717, 1.165) is 68.8 Å². The quantitative estimate of drug-likeness (QED) is 0.256. The average molecular weight is 475 g/mol. The number of rotatable bonds is 7. The molecule has 8 nitrogen and oxygen atoms in total. The van der Waals surface area contributed by atoms with Crippen LogP contribution in [0.15, 0.2) is 73.4 Å². The molecule has 0 spiro atoms. The number of aromatic amines is 2. The molecule has 0 atom stereocenters. The minimum atomic E-state index is 0.529. The number of H-pyrrole nitrogens is 2. The summed E-state index contributed by atoms with van der Waals surface area (Å²) in [5, 5.41) is 11.0. The van der Waals surface area contributed by atoms with Gasteiger partial charge in [0.15, 0.2) is 11.5 Å². The fraction of sp³-hybridized carbons (Fsp3) is 0.179. The monoisotopic (exact) mass is 474 g/mol. The Balaban J connectivity index is 1.37. The maximum absolute atomic E-state index is 4.94. The van der Waals surface area contributed by atoms with Crippen molar-refractivity contribution in [2.45, 2.75) is 26.7 Å². The Hall–Kier alpha value is -4.59. The number of fused-ring (bicyclic) bond motifs is 2. The van der Waals surface area contributed by atoms with Crippen molar-refractivity contribution < 1.29 is 0 Å². The molecule has 3 N–H and O–H groups in total. The zero-order valence-electron chi connectivity index (χ0n) is 20.2. The molecule has 0 amide bonds. The van der Waals surface area contributed by atoms with Gasteiger partial charge < -0.3 is 10.3 Å². The molecule has 8 heteroatoms. The molecule has 0 fully saturated rings. The average Bonchev–Trinajstić information content (AvgIpc) is 3.62. The van der Waals surface area contributed by atoms with Gasteiger partial charge in [0, 0.05) is 23.7 Å². The molecular formula is C28H26N8. The van der Waals surface area contributed by atoms with Gasteiger partial charge in [0.1, 0.15) is 11.0 Å². The predicted octanol–water partition coefficient (Wildman–Crippen LogP) is 6.27. The Bertz CT molecular complexity index is 1670. The van der Waals surface area contributed by atoms with Crippen LogP contribution in [0.5, 0.6) is 0 Å². The van der Waals surface area contributed by atoms with Crippen molar-refractivity contribution in [3.05, 3.63) is 79.1 Å². The number of nitrogens with one attached hydrogen (secondary N) is 3. The molecular weight excluding hydrogens is 448 g/mol. The minimum Gasteiger partial charge on any atom is -0.358 e. The molecule has 5 heterocycles. The van der Waals surface area contributed by atoms with Gasteiger partial charge in [-0.3, -0.25) is 15.1 Å². The lowest BCUT2D eigenvalue weighted by Crippen LogP contribution is -2.02. The second-order valence-corrected chi connectivity index (χ2v) is 9.39. The number of pyridine rings is 3. The maximum atomic E-state index is 4.94. The lowest BCUT2D eigenvalue weighted by atomic mass is 10.1. The minimum absolute atomic E-state index is 0.529. The fourth-order valence-electron chi connectivity index (χ4n) is 4.51. The standard InChI is InChI=1S/C28H26N8/c1-16(2)12-17(3)31-20-13-19(14-29-15-20)21-8-9-23-26(32-21)27(36-35-23)28-33-22-10-11-30-24(25(22)34-28)18-6-4-5-7-18/h4,6-11,13-16,31H,3,5,12H2,1-2H3,(H,33,34)(H,35,36). The van der Waals surface area contributed by atoms with Crippen LogP contribution in [0, 0.1) is 5.92 Å². The largest absolute Gasteiger partial charge is 0.358 e. The lowest BCUT2D eigenvalue weighted by Gasteiger charge is -2.12. The van der Waals surface area contributed by atoms with Crippen LogP contribution >= 0.6 is 0 Å². The van der Waals surface area contributed by atoms with Crippen LogP contribution in [0.1, 0.15) is 32.4 Å². The van der Waals surface area contributed by atoms with Gasteiger partial charge in [0.05, 0.1) is 34.3 Å². The van der Waals surface area contributed by atoms with Crippen molar-refractivity contribution in [3.8, 4) is 22.8 Å². The normalized spacial score (nSPS) is 13.1. The third-order valence-electron chi connectivity index (χ3n) is 6.09. The van der Waals surface area contributed by atoms with Crippen molar-refractivity contribution in [3.63, 3.8) is 0 Å². The van der Waals surface area contributed by atoms with Gasteiger partial charge in [-0.25, -0.2) is 9.97 Å². The summed E-state index contributed by atoms with van der Waals surface area (Å²) >= 11 is 0. The number of allylic oxidation sites excluding steroid dienone is 5. The van der Waals surface area contributed by atoms with Crippen molar-refractivity contribution in [2.75, 3.05) is 5.32 Å². The highest BCUT2D eigenvalue weighted by Gasteiger charge is 2.18. The highest BCUT2D eigenvalue weighted by Crippen LogP contribution is 2.31. The summed E-state index contributed by atoms with van der Waals surface area (Å²) in [4.78, 5) is 22.2. The highest BCUT2D eigenvalue weighted by atomic mass is 15.2. The zero-order chi connectivity index (χ0) is 24.6. The Labute approximate surface area is 208 Å². The lowest BCUT2D eigenvalue weighted by molar-refractivity contribution is 0.645. The van der Waals surface area contributed by atoms with Crippen molar-refractivity contribution >= 4 is 33.3 Å². The first-order valence-electron chi connectivity index (χ1n) is 12.0. The third kappa shape index (κ3) is 4.07. The summed E-state index contributed by atoms with van der Waals surface area (Å²) < 4.78 is 0. The molecule has 0 saturated heterocycles. The van der Waals surface area contributed by atoms with E-state index in [1.807, 2.05) is 30.5 Å². The molecule has 5 aromatic heterocycles. The van der Waals surface area contributed by atoms with Gasteiger partial charge >= 0.3 is 0 Å². The maximum Gasteiger partial charge on any atom is 0.161 e. The molecule has 0 saturated carbocycles. The molecule has 1 aliphatic carbocycles. The molecule has 0 aliphatic heterocycles. The van der Waals surface area contributed by atoms with Gasteiger partial charge in [0.25, 0.3) is 0 Å². The zero-order valence-corrected chi connectivity index (χ0v) is 20.2. The van der Waals surface area contributed by atoms with Gasteiger partial charge in [-0.2, -0.15) is 5.10 Å². The van der Waals surface area contributed by atoms with E-state index in [9.17, 15) is 0 Å². The van der Waals surface area contributed by atoms with Crippen LogP contribution in [0.25, 0.3) is 50.4 Å². The number of hydrogen-bond acceptors (Lipinski definition) is 6. The van der Waals surface area contributed by atoms with E-state index >= 15 is 0 Å². The van der Waals surface area contributed by atoms with Gasteiger partial charge in [-0.05, 0) is 48.6 Å². The smallest absolute Gasteiger partial charge is 0.161 e. The van der Waals surface area contributed by atoms with Crippen LogP contribution in [0.2, 0.25) is 0 Å². The van der Waals surface area contributed by atoms with Crippen molar-refractivity contribution in [1.82, 2.24) is 35.1 Å². The Morgan fingerprint density at radius 1 is 1.08 bits per heavy atom. The molecule has 0 radical (unpaired) electrons. The number of hydrogen-bond donors (Lipinski definition) is 3. The first kappa shape index (κ1) is 21.9. The Morgan fingerprint density at radius 3 is 2.81 bits per heavy atom. The second-order valence-electron chi connectivity index (χ2n) is 9.39. The molecule has 0 bridgehead atoms. The summed E-state index contributed by atoms with van der Waals surface area (Å²) in [6.07, 6.45) is 13.6. The summed E-state index contributed by atoms with van der Waals surface area (Å²) in [6, 6.07) is 7.91. The van der Waals surface area contributed by atoms with Gasteiger partial charge in [-0.1, -0.05) is 38.7 Å². The predicted molar refractivity (Wildman–Crippen MR) is 144 cm³/mol. The van der Waals surface area contributed by atoms with E-state index in [4.69, 9.17) is 9.97 Å². The number of aromatic nitrogens is 7. The first-order valence-corrected chi connectivity index (χ1v) is 12.0. The molecule has 1 aliphatic rings. The van der Waals surface area contributed by atoms with Crippen LogP contribution in [-0.4, -0.2) is 35.1 Å². The summed E-state index contributed by atoms with van der Waals surface area (Å²) in [5.74, 6) is 1.18.